The molecule has 4 rings (SSSR count). The van der Waals surface area contributed by atoms with Crippen LogP contribution in [-0.4, -0.2) is 61.4 Å². The number of morpholine rings is 1. The Morgan fingerprint density at radius 2 is 1.90 bits per heavy atom. The predicted molar refractivity (Wildman–Crippen MR) is 110 cm³/mol. The smallest absolute Gasteiger partial charge is 0.230 e. The molecule has 1 aromatic heterocycles. The number of rotatable bonds is 8. The van der Waals surface area contributed by atoms with Gasteiger partial charge in [0.2, 0.25) is 5.88 Å². The van der Waals surface area contributed by atoms with Crippen LogP contribution >= 0.6 is 0 Å². The van der Waals surface area contributed by atoms with Crippen LogP contribution in [0.15, 0.2) is 42.7 Å². The average Bonchev–Trinajstić information content (AvgIpc) is 2.78. The molecule has 1 fully saturated rings. The summed E-state index contributed by atoms with van der Waals surface area (Å²) in [6.45, 7) is 5.01. The standard InChI is InChI=1S/C22H24FN3O4/c1-27-20-13-16-18(14-21(20)29-10-4-7-26-8-11-28-12-9-26)24-15-25-22(16)30-19-6-3-2-5-17(19)23/h2-3,5-6,13-15H,4,7-12H2,1H3. The second-order valence-corrected chi connectivity index (χ2v) is 6.89. The normalized spacial score (nSPS) is 14.6. The number of benzene rings is 2. The summed E-state index contributed by atoms with van der Waals surface area (Å²) < 4.78 is 36.5. The van der Waals surface area contributed by atoms with E-state index in [0.29, 0.717) is 29.0 Å². The van der Waals surface area contributed by atoms with E-state index in [2.05, 4.69) is 14.9 Å². The Bertz CT molecular complexity index is 995. The molecule has 1 aliphatic rings. The first-order valence-electron chi connectivity index (χ1n) is 9.92. The molecule has 30 heavy (non-hydrogen) atoms. The number of fused-ring (bicyclic) bond motifs is 1. The summed E-state index contributed by atoms with van der Waals surface area (Å²) in [5.74, 6) is 1.03. The maximum Gasteiger partial charge on any atom is 0.230 e. The second kappa shape index (κ2) is 9.69. The van der Waals surface area contributed by atoms with Gasteiger partial charge in [0.15, 0.2) is 23.1 Å². The van der Waals surface area contributed by atoms with Gasteiger partial charge in [0.25, 0.3) is 0 Å². The molecular weight excluding hydrogens is 389 g/mol. The van der Waals surface area contributed by atoms with E-state index in [1.54, 1.807) is 37.4 Å². The summed E-state index contributed by atoms with van der Waals surface area (Å²) in [6, 6.07) is 9.73. The van der Waals surface area contributed by atoms with Gasteiger partial charge < -0.3 is 18.9 Å². The van der Waals surface area contributed by atoms with Gasteiger partial charge in [0, 0.05) is 25.7 Å². The van der Waals surface area contributed by atoms with Crippen LogP contribution in [-0.2, 0) is 4.74 Å². The van der Waals surface area contributed by atoms with Crippen molar-refractivity contribution in [1.82, 2.24) is 14.9 Å². The summed E-state index contributed by atoms with van der Waals surface area (Å²) in [6.07, 6.45) is 2.28. The highest BCUT2D eigenvalue weighted by Crippen LogP contribution is 2.36. The van der Waals surface area contributed by atoms with Crippen LogP contribution in [0.2, 0.25) is 0 Å². The molecule has 0 atom stereocenters. The Hall–Kier alpha value is -2.97. The van der Waals surface area contributed by atoms with Crippen LogP contribution in [0, 0.1) is 5.82 Å². The van der Waals surface area contributed by atoms with Crippen LogP contribution < -0.4 is 14.2 Å². The van der Waals surface area contributed by atoms with E-state index < -0.39 is 5.82 Å². The summed E-state index contributed by atoms with van der Waals surface area (Å²) >= 11 is 0. The van der Waals surface area contributed by atoms with Gasteiger partial charge in [-0.25, -0.2) is 14.4 Å². The van der Waals surface area contributed by atoms with Crippen molar-refractivity contribution in [1.29, 1.82) is 0 Å². The molecule has 2 aromatic carbocycles. The molecule has 158 valence electrons. The fourth-order valence-electron chi connectivity index (χ4n) is 3.32. The van der Waals surface area contributed by atoms with Crippen molar-refractivity contribution in [3.8, 4) is 23.1 Å². The van der Waals surface area contributed by atoms with Crippen LogP contribution in [0.4, 0.5) is 4.39 Å². The Morgan fingerprint density at radius 3 is 2.70 bits per heavy atom. The van der Waals surface area contributed by atoms with Crippen molar-refractivity contribution in [3.05, 3.63) is 48.5 Å². The fourth-order valence-corrected chi connectivity index (χ4v) is 3.32. The molecule has 0 bridgehead atoms. The molecule has 1 saturated heterocycles. The van der Waals surface area contributed by atoms with Crippen molar-refractivity contribution in [2.45, 2.75) is 6.42 Å². The lowest BCUT2D eigenvalue weighted by atomic mass is 10.2. The highest BCUT2D eigenvalue weighted by atomic mass is 19.1. The van der Waals surface area contributed by atoms with Crippen LogP contribution in [0.25, 0.3) is 10.9 Å². The van der Waals surface area contributed by atoms with Crippen molar-refractivity contribution in [2.75, 3.05) is 46.6 Å². The zero-order valence-electron chi connectivity index (χ0n) is 16.8. The first kappa shape index (κ1) is 20.3. The number of methoxy groups -OCH3 is 1. The van der Waals surface area contributed by atoms with Crippen LogP contribution in [0.5, 0.6) is 23.1 Å². The van der Waals surface area contributed by atoms with E-state index in [-0.39, 0.29) is 11.6 Å². The van der Waals surface area contributed by atoms with Gasteiger partial charge in [-0.05, 0) is 24.6 Å². The molecule has 0 aliphatic carbocycles. The van der Waals surface area contributed by atoms with E-state index in [0.717, 1.165) is 39.3 Å². The SMILES string of the molecule is COc1cc2c(Oc3ccccc3F)ncnc2cc1OCCCN1CCOCC1. The molecule has 1 aliphatic heterocycles. The van der Waals surface area contributed by atoms with E-state index in [4.69, 9.17) is 18.9 Å². The monoisotopic (exact) mass is 413 g/mol. The minimum atomic E-state index is -0.462. The molecule has 0 unspecified atom stereocenters. The minimum absolute atomic E-state index is 0.0971. The van der Waals surface area contributed by atoms with Crippen LogP contribution in [0.1, 0.15) is 6.42 Å². The van der Waals surface area contributed by atoms with Crippen molar-refractivity contribution >= 4 is 10.9 Å². The molecule has 8 heteroatoms. The molecule has 0 radical (unpaired) electrons. The lowest BCUT2D eigenvalue weighted by Gasteiger charge is -2.26. The van der Waals surface area contributed by atoms with Gasteiger partial charge in [-0.2, -0.15) is 0 Å². The van der Waals surface area contributed by atoms with Crippen molar-refractivity contribution in [2.24, 2.45) is 0 Å². The van der Waals surface area contributed by atoms with Gasteiger partial charge in [0.1, 0.15) is 6.33 Å². The molecule has 0 saturated carbocycles. The number of hydrogen-bond donors (Lipinski definition) is 0. The van der Waals surface area contributed by atoms with Gasteiger partial charge in [-0.1, -0.05) is 12.1 Å². The third-order valence-corrected chi connectivity index (χ3v) is 4.91. The van der Waals surface area contributed by atoms with Gasteiger partial charge in [0.05, 0.1) is 37.8 Å². The van der Waals surface area contributed by atoms with E-state index in [9.17, 15) is 4.39 Å². The van der Waals surface area contributed by atoms with E-state index >= 15 is 0 Å². The largest absolute Gasteiger partial charge is 0.493 e. The van der Waals surface area contributed by atoms with Gasteiger partial charge in [-0.15, -0.1) is 0 Å². The summed E-state index contributed by atoms with van der Waals surface area (Å²) in [5.41, 5.74) is 0.625. The lowest BCUT2D eigenvalue weighted by molar-refractivity contribution is 0.0357. The molecule has 2 heterocycles. The zero-order valence-corrected chi connectivity index (χ0v) is 16.8. The second-order valence-electron chi connectivity index (χ2n) is 6.89. The summed E-state index contributed by atoms with van der Waals surface area (Å²) in [5, 5.41) is 0.610. The summed E-state index contributed by atoms with van der Waals surface area (Å²) in [7, 11) is 1.57. The fraction of sp³-hybridized carbons (Fsp3) is 0.364. The zero-order chi connectivity index (χ0) is 20.8. The first-order valence-corrected chi connectivity index (χ1v) is 9.92. The molecule has 3 aromatic rings. The molecular formula is C22H24FN3O4. The van der Waals surface area contributed by atoms with E-state index in [1.165, 1.54) is 12.4 Å². The molecule has 0 spiro atoms. The average molecular weight is 413 g/mol. The van der Waals surface area contributed by atoms with E-state index in [1.807, 2.05) is 0 Å². The first-order chi connectivity index (χ1) is 14.7. The number of nitrogens with zero attached hydrogens (tertiary/aromatic N) is 3. The molecule has 0 N–H and O–H groups in total. The maximum absolute atomic E-state index is 14.0. The molecule has 7 nitrogen and oxygen atoms in total. The number of hydrogen-bond acceptors (Lipinski definition) is 7. The Morgan fingerprint density at radius 1 is 1.07 bits per heavy atom. The predicted octanol–water partition coefficient (Wildman–Crippen LogP) is 3.67. The van der Waals surface area contributed by atoms with Crippen molar-refractivity contribution < 1.29 is 23.3 Å². The van der Waals surface area contributed by atoms with Crippen LogP contribution in [0.3, 0.4) is 0 Å². The molecule has 0 amide bonds. The lowest BCUT2D eigenvalue weighted by Crippen LogP contribution is -2.37. The third-order valence-electron chi connectivity index (χ3n) is 4.91. The Balaban J connectivity index is 1.48. The number of ether oxygens (including phenoxy) is 4. The Labute approximate surface area is 174 Å². The topological polar surface area (TPSA) is 65.9 Å². The van der Waals surface area contributed by atoms with Crippen molar-refractivity contribution in [3.63, 3.8) is 0 Å². The summed E-state index contributed by atoms with van der Waals surface area (Å²) in [4.78, 5) is 10.8. The number of aromatic nitrogens is 2. The maximum atomic E-state index is 14.0. The third kappa shape index (κ3) is 4.77. The quantitative estimate of drug-likeness (QED) is 0.522. The number of para-hydroxylation sites is 1. The minimum Gasteiger partial charge on any atom is -0.493 e. The highest BCUT2D eigenvalue weighted by Gasteiger charge is 2.15. The van der Waals surface area contributed by atoms with Gasteiger partial charge in [-0.3, -0.25) is 4.90 Å². The number of halogens is 1. The van der Waals surface area contributed by atoms with Gasteiger partial charge >= 0.3 is 0 Å². The highest BCUT2D eigenvalue weighted by molar-refractivity contribution is 5.87. The Kier molecular flexibility index (Phi) is 6.56.